The molecule has 8 amide bonds. The minimum atomic E-state index is -1.06. The van der Waals surface area contributed by atoms with Crippen molar-refractivity contribution < 1.29 is 62.0 Å². The molecule has 5 heterocycles. The van der Waals surface area contributed by atoms with Crippen molar-refractivity contribution in [3.8, 4) is 28.4 Å². The van der Waals surface area contributed by atoms with Gasteiger partial charge in [0.05, 0.1) is 88.9 Å². The van der Waals surface area contributed by atoms with Crippen molar-refractivity contribution in [3.63, 3.8) is 0 Å². The fourth-order valence-electron chi connectivity index (χ4n) is 8.69. The Kier molecular flexibility index (Phi) is 22.9. The third-order valence-corrected chi connectivity index (χ3v) is 12.8. The number of fused-ring (bicyclic) bond motifs is 2. The highest BCUT2D eigenvalue weighted by Crippen LogP contribution is 2.38. The summed E-state index contributed by atoms with van der Waals surface area (Å²) in [5.41, 5.74) is 13.3. The number of nitrogens with two attached hydrogens (primary N) is 1. The fraction of sp³-hybridized carbons (Fsp3) is 0.446. The Morgan fingerprint density at radius 2 is 1.48 bits per heavy atom. The summed E-state index contributed by atoms with van der Waals surface area (Å²) in [6.07, 6.45) is 5.64. The van der Waals surface area contributed by atoms with Gasteiger partial charge in [0.15, 0.2) is 0 Å². The lowest BCUT2D eigenvalue weighted by Crippen LogP contribution is -2.54. The number of aryl methyl sites for hydroxylation is 2. The molecule has 81 heavy (non-hydrogen) atoms. The van der Waals surface area contributed by atoms with E-state index in [1.165, 1.54) is 24.0 Å². The second-order valence-corrected chi connectivity index (χ2v) is 19.3. The van der Waals surface area contributed by atoms with Gasteiger partial charge < -0.3 is 60.7 Å². The van der Waals surface area contributed by atoms with Crippen LogP contribution in [0.4, 0.5) is 15.3 Å². The first kappa shape index (κ1) is 60.3. The number of benzene rings is 2. The maximum Gasteiger partial charge on any atom is 0.407 e. The molecule has 25 heteroatoms. The van der Waals surface area contributed by atoms with E-state index in [0.29, 0.717) is 61.0 Å². The molecule has 0 bridgehead atoms. The van der Waals surface area contributed by atoms with Crippen molar-refractivity contribution in [2.45, 2.75) is 78.1 Å². The molecule has 2 aromatic carbocycles. The molecule has 5 aromatic rings. The highest BCUT2D eigenvalue weighted by Gasteiger charge is 2.30. The van der Waals surface area contributed by atoms with Crippen LogP contribution in [0.5, 0.6) is 5.88 Å². The lowest BCUT2D eigenvalue weighted by Gasteiger charge is -2.25. The molecular weight excluding hydrogens is 1050 g/mol. The van der Waals surface area contributed by atoms with Crippen molar-refractivity contribution in [2.24, 2.45) is 11.7 Å². The van der Waals surface area contributed by atoms with E-state index in [0.717, 1.165) is 52.5 Å². The second-order valence-electron chi connectivity index (χ2n) is 19.3. The minimum absolute atomic E-state index is 0.0326. The van der Waals surface area contributed by atoms with Crippen molar-refractivity contribution in [3.05, 3.63) is 96.0 Å². The second kappa shape index (κ2) is 30.8. The van der Waals surface area contributed by atoms with Crippen LogP contribution in [0.1, 0.15) is 56.5 Å². The van der Waals surface area contributed by atoms with E-state index in [1.54, 1.807) is 38.1 Å². The predicted octanol–water partition coefficient (Wildman–Crippen LogP) is 3.51. The molecule has 0 saturated carbocycles. The number of nitrogens with one attached hydrogen (secondary N) is 5. The number of urea groups is 1. The SMILES string of the molecule is Cc1cccc(-c2nn3c(c2-c2ccc4ncc(OCCNC(=O)OCc5ccc(NC(=O)[C@H](CCCNC(N)=O)NC(=O)[C@@H](NC(=O)CCOCCOCCOCCOCCN6C(=O)C=CC6=O)C(C)C)cc5)nc4c2)CCC3)n1. The molecule has 0 radical (unpaired) electrons. The number of carbonyl (C=O) groups is 7. The first-order valence-electron chi connectivity index (χ1n) is 26.9. The van der Waals surface area contributed by atoms with Gasteiger partial charge >= 0.3 is 12.1 Å². The van der Waals surface area contributed by atoms with Gasteiger partial charge in [0.1, 0.15) is 31.0 Å². The summed E-state index contributed by atoms with van der Waals surface area (Å²) in [7, 11) is 0. The summed E-state index contributed by atoms with van der Waals surface area (Å²) in [4.78, 5) is 102. The number of aromatic nitrogens is 5. The molecule has 0 fully saturated rings. The van der Waals surface area contributed by atoms with Crippen LogP contribution in [0.15, 0.2) is 79.0 Å². The zero-order chi connectivity index (χ0) is 57.5. The van der Waals surface area contributed by atoms with E-state index in [4.69, 9.17) is 49.2 Å². The first-order valence-corrected chi connectivity index (χ1v) is 26.9. The Balaban J connectivity index is 0.788. The van der Waals surface area contributed by atoms with Gasteiger partial charge in [-0.1, -0.05) is 38.1 Å². The zero-order valence-corrected chi connectivity index (χ0v) is 45.7. The summed E-state index contributed by atoms with van der Waals surface area (Å²) in [5.74, 6) is -2.31. The number of nitrogens with zero attached hydrogens (tertiary/aromatic N) is 6. The highest BCUT2D eigenvalue weighted by molar-refractivity contribution is 6.12. The van der Waals surface area contributed by atoms with E-state index in [9.17, 15) is 33.6 Å². The molecule has 25 nitrogen and oxygen atoms in total. The van der Waals surface area contributed by atoms with Gasteiger partial charge in [0.2, 0.25) is 23.6 Å². The summed E-state index contributed by atoms with van der Waals surface area (Å²) < 4.78 is 35.2. The van der Waals surface area contributed by atoms with Crippen LogP contribution in [-0.4, -0.2) is 162 Å². The van der Waals surface area contributed by atoms with Gasteiger partial charge in [0, 0.05) is 54.3 Å². The van der Waals surface area contributed by atoms with Gasteiger partial charge in [-0.2, -0.15) is 5.10 Å². The molecule has 7 N–H and O–H groups in total. The lowest BCUT2D eigenvalue weighted by molar-refractivity contribution is -0.137. The van der Waals surface area contributed by atoms with Gasteiger partial charge in [-0.05, 0) is 86.1 Å². The molecule has 0 spiro atoms. The molecule has 3 aromatic heterocycles. The molecule has 0 unspecified atom stereocenters. The van der Waals surface area contributed by atoms with E-state index < -0.39 is 41.9 Å². The smallest absolute Gasteiger partial charge is 0.407 e. The van der Waals surface area contributed by atoms with Crippen LogP contribution >= 0.6 is 0 Å². The maximum atomic E-state index is 13.6. The Morgan fingerprint density at radius 1 is 0.765 bits per heavy atom. The fourth-order valence-corrected chi connectivity index (χ4v) is 8.69. The number of alkyl carbamates (subject to hydrolysis) is 1. The number of rotatable bonds is 33. The number of primary amides is 1. The van der Waals surface area contributed by atoms with E-state index >= 15 is 0 Å². The Hall–Kier alpha value is -8.39. The zero-order valence-electron chi connectivity index (χ0n) is 45.7. The predicted molar refractivity (Wildman–Crippen MR) is 295 cm³/mol. The number of amides is 8. The molecule has 2 atom stereocenters. The van der Waals surface area contributed by atoms with Crippen molar-refractivity contribution >= 4 is 58.4 Å². The Bertz CT molecular complexity index is 2990. The van der Waals surface area contributed by atoms with Gasteiger partial charge in [-0.15, -0.1) is 0 Å². The third kappa shape index (κ3) is 18.6. The monoisotopic (exact) mass is 1120 g/mol. The summed E-state index contributed by atoms with van der Waals surface area (Å²) in [6.45, 7) is 8.81. The number of anilines is 1. The summed E-state index contributed by atoms with van der Waals surface area (Å²) >= 11 is 0. The lowest BCUT2D eigenvalue weighted by atomic mass is 9.99. The number of hydrogen-bond acceptors (Lipinski definition) is 17. The Morgan fingerprint density at radius 3 is 2.19 bits per heavy atom. The molecule has 2 aliphatic rings. The highest BCUT2D eigenvalue weighted by atomic mass is 16.6. The van der Waals surface area contributed by atoms with E-state index in [2.05, 4.69) is 36.2 Å². The van der Waals surface area contributed by atoms with Gasteiger partial charge in [0.25, 0.3) is 11.8 Å². The van der Waals surface area contributed by atoms with Crippen molar-refractivity contribution in [1.82, 2.24) is 50.9 Å². The number of pyridine rings is 1. The molecule has 432 valence electrons. The van der Waals surface area contributed by atoms with Crippen LogP contribution < -0.4 is 37.1 Å². The minimum Gasteiger partial charge on any atom is -0.475 e. The van der Waals surface area contributed by atoms with Crippen LogP contribution in [0.3, 0.4) is 0 Å². The number of carbonyl (C=O) groups excluding carboxylic acids is 7. The summed E-state index contributed by atoms with van der Waals surface area (Å²) in [5, 5.41) is 18.4. The number of hydrogen-bond donors (Lipinski definition) is 6. The first-order chi connectivity index (χ1) is 39.2. The Labute approximate surface area is 468 Å². The summed E-state index contributed by atoms with van der Waals surface area (Å²) in [6, 6.07) is 15.7. The van der Waals surface area contributed by atoms with Crippen molar-refractivity contribution in [2.75, 3.05) is 84.4 Å². The normalized spacial score (nSPS) is 13.5. The topological polar surface area (TPSA) is 321 Å². The molecule has 7 rings (SSSR count). The molecule has 0 aliphatic carbocycles. The van der Waals surface area contributed by atoms with Crippen molar-refractivity contribution in [1.29, 1.82) is 0 Å². The number of imide groups is 1. The van der Waals surface area contributed by atoms with Crippen LogP contribution in [-0.2, 0) is 67.2 Å². The van der Waals surface area contributed by atoms with E-state index in [-0.39, 0.29) is 89.8 Å². The van der Waals surface area contributed by atoms with E-state index in [1.807, 2.05) is 43.3 Å². The average molecular weight is 1120 g/mol. The quantitative estimate of drug-likeness (QED) is 0.0259. The number of ether oxygens (including phenoxy) is 6. The molecule has 0 saturated heterocycles. The average Bonchev–Trinajstić information content (AvgIpc) is 4.10. The van der Waals surface area contributed by atoms with Gasteiger partial charge in [-0.3, -0.25) is 38.5 Å². The third-order valence-electron chi connectivity index (χ3n) is 12.8. The molecule has 2 aliphatic heterocycles. The maximum absolute atomic E-state index is 13.6. The largest absolute Gasteiger partial charge is 0.475 e. The van der Waals surface area contributed by atoms with Crippen LogP contribution in [0.25, 0.3) is 33.5 Å². The van der Waals surface area contributed by atoms with Crippen LogP contribution in [0, 0.1) is 12.8 Å². The van der Waals surface area contributed by atoms with Gasteiger partial charge in [-0.25, -0.2) is 19.6 Å². The molecular formula is C56H70N12O13. The standard InChI is InChI=1S/C56H70N12O13/c1-36(2)51(65-46(69)19-24-76-27-29-78-31-32-79-30-28-77-26-23-67-48(70)17-18-49(67)71)54(73)64-43(9-5-20-58-55(57)74)53(72)62-40-14-11-38(12-15-40)35-81-56(75)59-21-25-80-47-34-60-41-16-13-39(33-44(41)63-47)50-45-10-6-22-68(45)66-52(50)42-8-4-7-37(3)61-42/h4,7-8,11-18,33-34,36,43,51H,5-6,9-10,19-32,35H2,1-3H3,(H,59,75)(H,62,72)(H,64,73)(H,65,69)(H3,57,58,74)/t43-,51-/m0/s1. The van der Waals surface area contributed by atoms with Crippen LogP contribution in [0.2, 0.25) is 0 Å².